The second kappa shape index (κ2) is 5.87. The van der Waals surface area contributed by atoms with Gasteiger partial charge >= 0.3 is 0 Å². The second-order valence-electron chi connectivity index (χ2n) is 4.35. The summed E-state index contributed by atoms with van der Waals surface area (Å²) in [7, 11) is 0. The normalized spacial score (nSPS) is 18.8. The minimum atomic E-state index is -0.527. The van der Waals surface area contributed by atoms with Crippen LogP contribution >= 0.6 is 23.1 Å². The molecule has 0 bridgehead atoms. The lowest BCUT2D eigenvalue weighted by Gasteiger charge is -2.31. The van der Waals surface area contributed by atoms with Gasteiger partial charge in [-0.05, 0) is 30.4 Å². The van der Waals surface area contributed by atoms with Crippen LogP contribution in [0.15, 0.2) is 11.4 Å². The zero-order valence-corrected chi connectivity index (χ0v) is 11.2. The third-order valence-corrected chi connectivity index (χ3v) is 4.88. The Hall–Kier alpha value is -0.540. The summed E-state index contributed by atoms with van der Waals surface area (Å²) in [6.45, 7) is 1.38. The Kier molecular flexibility index (Phi) is 4.46. The molecule has 5 heteroatoms. The molecular weight excluding hydrogens is 252 g/mol. The van der Waals surface area contributed by atoms with Gasteiger partial charge < -0.3 is 10.4 Å². The summed E-state index contributed by atoms with van der Waals surface area (Å²) in [5.74, 6) is 2.10. The molecule has 3 nitrogen and oxygen atoms in total. The number of rotatable bonds is 4. The zero-order chi connectivity index (χ0) is 12.1. The van der Waals surface area contributed by atoms with E-state index < -0.39 is 5.60 Å². The zero-order valence-electron chi connectivity index (χ0n) is 9.61. The van der Waals surface area contributed by atoms with Gasteiger partial charge in [0.1, 0.15) is 6.07 Å². The monoisotopic (exact) mass is 268 g/mol. The number of thioether (sulfide) groups is 1. The van der Waals surface area contributed by atoms with E-state index in [0.717, 1.165) is 41.3 Å². The summed E-state index contributed by atoms with van der Waals surface area (Å²) in [5.41, 5.74) is 0.195. The van der Waals surface area contributed by atoms with Gasteiger partial charge in [0.2, 0.25) is 0 Å². The van der Waals surface area contributed by atoms with Crippen LogP contribution in [0.2, 0.25) is 0 Å². The summed E-state index contributed by atoms with van der Waals surface area (Å²) in [6, 6.07) is 4.03. The van der Waals surface area contributed by atoms with Crippen molar-refractivity contribution in [3.05, 3.63) is 21.9 Å². The molecule has 0 aliphatic carbocycles. The van der Waals surface area contributed by atoms with Crippen LogP contribution in [0.25, 0.3) is 0 Å². The van der Waals surface area contributed by atoms with E-state index in [4.69, 9.17) is 5.26 Å². The molecule has 0 amide bonds. The number of aliphatic hydroxyl groups is 1. The van der Waals surface area contributed by atoms with Crippen LogP contribution in [0, 0.1) is 11.3 Å². The van der Waals surface area contributed by atoms with Crippen molar-refractivity contribution in [3.63, 3.8) is 0 Å². The van der Waals surface area contributed by atoms with E-state index >= 15 is 0 Å². The summed E-state index contributed by atoms with van der Waals surface area (Å²) in [6.07, 6.45) is 1.75. The van der Waals surface area contributed by atoms with Gasteiger partial charge in [-0.1, -0.05) is 0 Å². The first-order chi connectivity index (χ1) is 8.22. The first-order valence-electron chi connectivity index (χ1n) is 5.70. The van der Waals surface area contributed by atoms with E-state index in [1.165, 1.54) is 0 Å². The van der Waals surface area contributed by atoms with Gasteiger partial charge in [0, 0.05) is 23.3 Å². The lowest BCUT2D eigenvalue weighted by atomic mass is 9.97. The van der Waals surface area contributed by atoms with Crippen molar-refractivity contribution >= 4 is 23.1 Å². The quantitative estimate of drug-likeness (QED) is 0.876. The standard InChI is InChI=1S/C12H16N2OS2/c13-6-10-5-11(17-8-10)7-14-9-12(15)1-3-16-4-2-12/h5,8,14-15H,1-4,7,9H2. The minimum absolute atomic E-state index is 0.527. The topological polar surface area (TPSA) is 56.0 Å². The van der Waals surface area contributed by atoms with E-state index in [2.05, 4.69) is 11.4 Å². The van der Waals surface area contributed by atoms with Crippen molar-refractivity contribution in [2.24, 2.45) is 0 Å². The van der Waals surface area contributed by atoms with Crippen LogP contribution in [0.5, 0.6) is 0 Å². The highest BCUT2D eigenvalue weighted by atomic mass is 32.2. The average molecular weight is 268 g/mol. The van der Waals surface area contributed by atoms with Crippen LogP contribution in [0.1, 0.15) is 23.3 Å². The van der Waals surface area contributed by atoms with Crippen LogP contribution in [-0.4, -0.2) is 28.8 Å². The number of nitriles is 1. The summed E-state index contributed by atoms with van der Waals surface area (Å²) < 4.78 is 0. The molecule has 17 heavy (non-hydrogen) atoms. The smallest absolute Gasteiger partial charge is 0.100 e. The molecule has 0 unspecified atom stereocenters. The molecule has 1 aliphatic heterocycles. The molecule has 92 valence electrons. The van der Waals surface area contributed by atoms with Crippen molar-refractivity contribution in [3.8, 4) is 6.07 Å². The summed E-state index contributed by atoms with van der Waals surface area (Å²) in [5, 5.41) is 24.1. The van der Waals surface area contributed by atoms with E-state index in [0.29, 0.717) is 6.54 Å². The molecule has 0 aromatic carbocycles. The number of hydrogen-bond acceptors (Lipinski definition) is 5. The summed E-state index contributed by atoms with van der Waals surface area (Å²) in [4.78, 5) is 1.15. The Balaban J connectivity index is 1.77. The van der Waals surface area contributed by atoms with Crippen LogP contribution in [-0.2, 0) is 6.54 Å². The largest absolute Gasteiger partial charge is 0.389 e. The Morgan fingerprint density at radius 3 is 2.88 bits per heavy atom. The number of nitrogens with zero attached hydrogens (tertiary/aromatic N) is 1. The van der Waals surface area contributed by atoms with Gasteiger partial charge in [-0.25, -0.2) is 0 Å². The molecule has 1 aromatic heterocycles. The highest BCUT2D eigenvalue weighted by Crippen LogP contribution is 2.26. The maximum absolute atomic E-state index is 10.3. The average Bonchev–Trinajstić information content (AvgIpc) is 2.78. The molecule has 1 fully saturated rings. The number of nitrogens with one attached hydrogen (secondary N) is 1. The van der Waals surface area contributed by atoms with Gasteiger partial charge in [-0.2, -0.15) is 17.0 Å². The Labute approximate surface area is 110 Å². The third-order valence-electron chi connectivity index (χ3n) is 2.96. The van der Waals surface area contributed by atoms with E-state index in [1.807, 2.05) is 23.2 Å². The van der Waals surface area contributed by atoms with Crippen molar-refractivity contribution < 1.29 is 5.11 Å². The maximum atomic E-state index is 10.3. The molecule has 2 rings (SSSR count). The Bertz CT molecular complexity index is 405. The van der Waals surface area contributed by atoms with Crippen molar-refractivity contribution in [2.45, 2.75) is 25.0 Å². The first-order valence-corrected chi connectivity index (χ1v) is 7.74. The van der Waals surface area contributed by atoms with Gasteiger partial charge in [0.05, 0.1) is 11.2 Å². The van der Waals surface area contributed by atoms with Gasteiger partial charge in [-0.3, -0.25) is 0 Å². The molecule has 0 atom stereocenters. The molecule has 0 spiro atoms. The fraction of sp³-hybridized carbons (Fsp3) is 0.583. The minimum Gasteiger partial charge on any atom is -0.389 e. The predicted octanol–water partition coefficient (Wildman–Crippen LogP) is 1.97. The highest BCUT2D eigenvalue weighted by Gasteiger charge is 2.28. The fourth-order valence-electron chi connectivity index (χ4n) is 1.88. The maximum Gasteiger partial charge on any atom is 0.100 e. The third kappa shape index (κ3) is 3.71. The van der Waals surface area contributed by atoms with Gasteiger partial charge in [0.25, 0.3) is 0 Å². The Morgan fingerprint density at radius 2 is 2.24 bits per heavy atom. The molecule has 2 heterocycles. The molecule has 0 saturated carbocycles. The van der Waals surface area contributed by atoms with E-state index in [9.17, 15) is 5.11 Å². The van der Waals surface area contributed by atoms with Crippen molar-refractivity contribution in [1.82, 2.24) is 5.32 Å². The molecule has 2 N–H and O–H groups in total. The van der Waals surface area contributed by atoms with Crippen molar-refractivity contribution in [1.29, 1.82) is 5.26 Å². The number of hydrogen-bond donors (Lipinski definition) is 2. The van der Waals surface area contributed by atoms with Gasteiger partial charge in [-0.15, -0.1) is 11.3 Å². The lowest BCUT2D eigenvalue weighted by Crippen LogP contribution is -2.43. The van der Waals surface area contributed by atoms with Gasteiger partial charge in [0.15, 0.2) is 0 Å². The van der Waals surface area contributed by atoms with E-state index in [1.54, 1.807) is 11.3 Å². The second-order valence-corrected chi connectivity index (χ2v) is 6.57. The predicted molar refractivity (Wildman–Crippen MR) is 72.2 cm³/mol. The van der Waals surface area contributed by atoms with Crippen LogP contribution < -0.4 is 5.32 Å². The van der Waals surface area contributed by atoms with Crippen molar-refractivity contribution in [2.75, 3.05) is 18.1 Å². The summed E-state index contributed by atoms with van der Waals surface area (Å²) >= 11 is 3.50. The highest BCUT2D eigenvalue weighted by molar-refractivity contribution is 7.99. The number of thiophene rings is 1. The lowest BCUT2D eigenvalue weighted by molar-refractivity contribution is 0.0321. The SMILES string of the molecule is N#Cc1csc(CNCC2(O)CCSCC2)c1. The van der Waals surface area contributed by atoms with Crippen LogP contribution in [0.3, 0.4) is 0 Å². The van der Waals surface area contributed by atoms with E-state index in [-0.39, 0.29) is 0 Å². The molecule has 1 aromatic rings. The molecule has 1 aliphatic rings. The first kappa shape index (κ1) is 12.9. The molecular formula is C12H16N2OS2. The van der Waals surface area contributed by atoms with Crippen LogP contribution in [0.4, 0.5) is 0 Å². The molecule has 0 radical (unpaired) electrons. The fourth-order valence-corrected chi connectivity index (χ4v) is 3.91. The molecule has 1 saturated heterocycles. The Morgan fingerprint density at radius 1 is 1.47 bits per heavy atom.